The zero-order valence-corrected chi connectivity index (χ0v) is 14.2. The van der Waals surface area contributed by atoms with Crippen molar-refractivity contribution in [3.05, 3.63) is 35.9 Å². The number of fused-ring (bicyclic) bond motifs is 1. The van der Waals surface area contributed by atoms with Gasteiger partial charge in [0.2, 0.25) is 5.91 Å². The lowest BCUT2D eigenvalue weighted by molar-refractivity contribution is -0.157. The molecule has 2 saturated heterocycles. The first-order chi connectivity index (χ1) is 10.8. The maximum atomic E-state index is 12.6. The van der Waals surface area contributed by atoms with E-state index in [0.29, 0.717) is 6.54 Å². The fourth-order valence-electron chi connectivity index (χ4n) is 3.49. The molecule has 2 unspecified atom stereocenters. The second-order valence-electron chi connectivity index (χ2n) is 7.31. The molecule has 0 saturated carbocycles. The third-order valence-corrected chi connectivity index (χ3v) is 4.56. The summed E-state index contributed by atoms with van der Waals surface area (Å²) < 4.78 is 5.42. The van der Waals surface area contributed by atoms with Gasteiger partial charge in [-0.05, 0) is 39.7 Å². The molecule has 3 atom stereocenters. The Kier molecular flexibility index (Phi) is 3.82. The van der Waals surface area contributed by atoms with Gasteiger partial charge >= 0.3 is 6.09 Å². The van der Waals surface area contributed by atoms with Crippen molar-refractivity contribution in [3.8, 4) is 0 Å². The van der Waals surface area contributed by atoms with E-state index < -0.39 is 5.60 Å². The zero-order valence-electron chi connectivity index (χ0n) is 14.2. The first-order valence-corrected chi connectivity index (χ1v) is 8.16. The maximum absolute atomic E-state index is 12.6. The van der Waals surface area contributed by atoms with Crippen LogP contribution in [0.25, 0.3) is 0 Å². The highest BCUT2D eigenvalue weighted by Gasteiger charge is 2.57. The van der Waals surface area contributed by atoms with Gasteiger partial charge in [-0.2, -0.15) is 0 Å². The molecule has 0 aliphatic carbocycles. The number of β-lactam (4-membered cyclic amide) rings is 1. The quantitative estimate of drug-likeness (QED) is 0.788. The number of hydrogen-bond acceptors (Lipinski definition) is 3. The van der Waals surface area contributed by atoms with Gasteiger partial charge < -0.3 is 9.64 Å². The van der Waals surface area contributed by atoms with E-state index in [9.17, 15) is 9.59 Å². The third kappa shape index (κ3) is 2.80. The lowest BCUT2D eigenvalue weighted by Crippen LogP contribution is -2.67. The van der Waals surface area contributed by atoms with E-state index in [1.165, 1.54) is 0 Å². The molecular weight excluding hydrogens is 292 g/mol. The molecule has 3 rings (SSSR count). The summed E-state index contributed by atoms with van der Waals surface area (Å²) in [5, 5.41) is 0. The second kappa shape index (κ2) is 5.55. The van der Waals surface area contributed by atoms with Crippen LogP contribution in [0.15, 0.2) is 30.3 Å². The third-order valence-electron chi connectivity index (χ3n) is 4.56. The summed E-state index contributed by atoms with van der Waals surface area (Å²) in [5.41, 5.74) is 0.578. The van der Waals surface area contributed by atoms with Crippen molar-refractivity contribution in [2.45, 2.75) is 57.8 Å². The van der Waals surface area contributed by atoms with E-state index in [2.05, 4.69) is 0 Å². The van der Waals surface area contributed by atoms with Crippen LogP contribution in [0.5, 0.6) is 0 Å². The molecule has 5 nitrogen and oxygen atoms in total. The monoisotopic (exact) mass is 316 g/mol. The number of hydrogen-bond donors (Lipinski definition) is 0. The van der Waals surface area contributed by atoms with E-state index in [1.54, 1.807) is 4.90 Å². The fourth-order valence-corrected chi connectivity index (χ4v) is 3.49. The lowest BCUT2D eigenvalue weighted by Gasteiger charge is -2.48. The van der Waals surface area contributed by atoms with Crippen LogP contribution in [0, 0.1) is 0 Å². The molecule has 0 aromatic heterocycles. The molecule has 23 heavy (non-hydrogen) atoms. The molecule has 2 aliphatic rings. The van der Waals surface area contributed by atoms with Crippen LogP contribution < -0.4 is 0 Å². The minimum absolute atomic E-state index is 0.0229. The molecular formula is C18H24N2O3. The maximum Gasteiger partial charge on any atom is 0.411 e. The van der Waals surface area contributed by atoms with E-state index in [-0.39, 0.29) is 30.1 Å². The number of carbonyl (C=O) groups is 2. The first kappa shape index (κ1) is 15.8. The van der Waals surface area contributed by atoms with Crippen LogP contribution in [-0.2, 0) is 9.53 Å². The highest BCUT2D eigenvalue weighted by Crippen LogP contribution is 2.40. The molecule has 0 radical (unpaired) electrons. The van der Waals surface area contributed by atoms with Crippen LogP contribution in [0.2, 0.25) is 0 Å². The van der Waals surface area contributed by atoms with E-state index in [1.807, 2.05) is 62.9 Å². The van der Waals surface area contributed by atoms with E-state index in [4.69, 9.17) is 4.74 Å². The Hall–Kier alpha value is -2.04. The fraction of sp³-hybridized carbons (Fsp3) is 0.556. The first-order valence-electron chi connectivity index (χ1n) is 8.16. The second-order valence-corrected chi connectivity index (χ2v) is 7.31. The molecule has 2 aliphatic heterocycles. The highest BCUT2D eigenvalue weighted by atomic mass is 16.6. The Labute approximate surface area is 137 Å². The van der Waals surface area contributed by atoms with Gasteiger partial charge in [0.25, 0.3) is 0 Å². The van der Waals surface area contributed by atoms with Crippen LogP contribution in [-0.4, -0.2) is 46.0 Å². The molecule has 0 N–H and O–H groups in total. The molecule has 0 spiro atoms. The predicted octanol–water partition coefficient (Wildman–Crippen LogP) is 2.97. The summed E-state index contributed by atoms with van der Waals surface area (Å²) in [7, 11) is 0. The topological polar surface area (TPSA) is 49.9 Å². The molecule has 5 heteroatoms. The molecule has 124 valence electrons. The van der Waals surface area contributed by atoms with Crippen molar-refractivity contribution in [3.63, 3.8) is 0 Å². The van der Waals surface area contributed by atoms with Crippen molar-refractivity contribution >= 4 is 12.0 Å². The van der Waals surface area contributed by atoms with Crippen molar-refractivity contribution in [2.24, 2.45) is 0 Å². The van der Waals surface area contributed by atoms with Gasteiger partial charge in [0.1, 0.15) is 11.6 Å². The summed E-state index contributed by atoms with van der Waals surface area (Å²) in [6.45, 7) is 8.13. The van der Waals surface area contributed by atoms with Gasteiger partial charge in [-0.1, -0.05) is 30.3 Å². The lowest BCUT2D eigenvalue weighted by atomic mass is 9.91. The van der Waals surface area contributed by atoms with Gasteiger partial charge in [-0.3, -0.25) is 9.69 Å². The summed E-state index contributed by atoms with van der Waals surface area (Å²) in [6, 6.07) is 9.78. The SMILES string of the molecule is C[C@H](c1ccccc1)N1C(=O)C2C1CCN2C(=O)OC(C)(C)C. The summed E-state index contributed by atoms with van der Waals surface area (Å²) in [6.07, 6.45) is 0.428. The Morgan fingerprint density at radius 1 is 1.26 bits per heavy atom. The standard InChI is InChI=1S/C18H24N2O3/c1-12(13-8-6-5-7-9-13)20-14-10-11-19(15(14)16(20)21)17(22)23-18(2,3)4/h5-9,12,14-15H,10-11H2,1-4H3/t12-,14?,15?/m1/s1. The number of rotatable bonds is 2. The number of ether oxygens (including phenoxy) is 1. The van der Waals surface area contributed by atoms with Gasteiger partial charge in [0.05, 0.1) is 12.1 Å². The average molecular weight is 316 g/mol. The number of carbonyl (C=O) groups excluding carboxylic acids is 2. The summed E-state index contributed by atoms with van der Waals surface area (Å²) in [4.78, 5) is 28.4. The Bertz CT molecular complexity index is 608. The molecule has 2 heterocycles. The van der Waals surface area contributed by atoms with Crippen LogP contribution >= 0.6 is 0 Å². The normalized spacial score (nSPS) is 25.0. The van der Waals surface area contributed by atoms with Crippen LogP contribution in [0.3, 0.4) is 0 Å². The summed E-state index contributed by atoms with van der Waals surface area (Å²) >= 11 is 0. The van der Waals surface area contributed by atoms with Crippen molar-refractivity contribution in [1.29, 1.82) is 0 Å². The molecule has 2 amide bonds. The van der Waals surface area contributed by atoms with Gasteiger partial charge in [0, 0.05) is 6.54 Å². The van der Waals surface area contributed by atoms with Gasteiger partial charge in [-0.15, -0.1) is 0 Å². The molecule has 2 fully saturated rings. The minimum Gasteiger partial charge on any atom is -0.444 e. The Morgan fingerprint density at radius 2 is 1.91 bits per heavy atom. The average Bonchev–Trinajstić information content (AvgIpc) is 2.86. The molecule has 1 aromatic carbocycles. The summed E-state index contributed by atoms with van der Waals surface area (Å²) in [5.74, 6) is 0.0229. The number of likely N-dealkylation sites (tertiary alicyclic amines) is 2. The Morgan fingerprint density at radius 3 is 2.52 bits per heavy atom. The van der Waals surface area contributed by atoms with Crippen molar-refractivity contribution in [1.82, 2.24) is 9.80 Å². The Balaban J connectivity index is 1.71. The van der Waals surface area contributed by atoms with Crippen molar-refractivity contribution in [2.75, 3.05) is 6.54 Å². The largest absolute Gasteiger partial charge is 0.444 e. The van der Waals surface area contributed by atoms with Gasteiger partial charge in [0.15, 0.2) is 0 Å². The van der Waals surface area contributed by atoms with E-state index >= 15 is 0 Å². The highest BCUT2D eigenvalue weighted by molar-refractivity contribution is 5.93. The number of amides is 2. The van der Waals surface area contributed by atoms with Crippen LogP contribution in [0.4, 0.5) is 4.79 Å². The van der Waals surface area contributed by atoms with Crippen molar-refractivity contribution < 1.29 is 14.3 Å². The number of nitrogens with zero attached hydrogens (tertiary/aromatic N) is 2. The van der Waals surface area contributed by atoms with Crippen LogP contribution in [0.1, 0.15) is 45.7 Å². The van der Waals surface area contributed by atoms with Gasteiger partial charge in [-0.25, -0.2) is 4.79 Å². The molecule has 1 aromatic rings. The predicted molar refractivity (Wildman–Crippen MR) is 86.8 cm³/mol. The van der Waals surface area contributed by atoms with E-state index in [0.717, 1.165) is 12.0 Å². The number of benzene rings is 1. The minimum atomic E-state index is -0.543. The molecule has 0 bridgehead atoms. The zero-order chi connectivity index (χ0) is 16.8. The smallest absolute Gasteiger partial charge is 0.411 e.